The van der Waals surface area contributed by atoms with Gasteiger partial charge < -0.3 is 15.8 Å². The predicted octanol–water partition coefficient (Wildman–Crippen LogP) is 3.90. The first-order chi connectivity index (χ1) is 10.5. The summed E-state index contributed by atoms with van der Waals surface area (Å²) >= 11 is 12.3. The van der Waals surface area contributed by atoms with Crippen LogP contribution in [0.2, 0.25) is 10.0 Å². The normalized spacial score (nSPS) is 13.2. The number of ether oxygens (including phenoxy) is 1. The number of amidine groups is 1. The highest BCUT2D eigenvalue weighted by Crippen LogP contribution is 2.43. The molecule has 3 rings (SSSR count). The molecule has 0 radical (unpaired) electrons. The van der Waals surface area contributed by atoms with Crippen molar-refractivity contribution < 1.29 is 9.13 Å². The minimum Gasteiger partial charge on any atom is -0.496 e. The van der Waals surface area contributed by atoms with Gasteiger partial charge in [0.25, 0.3) is 0 Å². The van der Waals surface area contributed by atoms with Crippen LogP contribution in [0, 0.1) is 5.82 Å². The number of fused-ring (bicyclic) bond motifs is 1. The number of halogens is 3. The van der Waals surface area contributed by atoms with E-state index in [2.05, 4.69) is 10.3 Å². The van der Waals surface area contributed by atoms with Crippen LogP contribution in [0.4, 0.5) is 10.1 Å². The molecule has 0 aromatic heterocycles. The fourth-order valence-corrected chi connectivity index (χ4v) is 2.86. The largest absolute Gasteiger partial charge is 0.496 e. The predicted molar refractivity (Wildman–Crippen MR) is 87.6 cm³/mol. The average molecular weight is 340 g/mol. The molecule has 0 atom stereocenters. The van der Waals surface area contributed by atoms with Gasteiger partial charge in [-0.25, -0.2) is 9.38 Å². The van der Waals surface area contributed by atoms with Crippen LogP contribution in [-0.4, -0.2) is 19.6 Å². The van der Waals surface area contributed by atoms with E-state index < -0.39 is 5.82 Å². The zero-order chi connectivity index (χ0) is 15.9. The van der Waals surface area contributed by atoms with Crippen molar-refractivity contribution in [3.63, 3.8) is 0 Å². The second-order valence-electron chi connectivity index (χ2n) is 4.67. The molecule has 0 unspecified atom stereocenters. The number of anilines is 1. The van der Waals surface area contributed by atoms with Crippen molar-refractivity contribution in [3.8, 4) is 16.9 Å². The Kier molecular flexibility index (Phi) is 3.85. The number of nitrogens with two attached hydrogens (primary N) is 1. The van der Waals surface area contributed by atoms with Crippen LogP contribution >= 0.6 is 23.2 Å². The monoisotopic (exact) mass is 339 g/mol. The third-order valence-electron chi connectivity index (χ3n) is 3.45. The van der Waals surface area contributed by atoms with Crippen molar-refractivity contribution in [2.75, 3.05) is 19.1 Å². The van der Waals surface area contributed by atoms with Gasteiger partial charge in [0.15, 0.2) is 0 Å². The molecule has 3 N–H and O–H groups in total. The average Bonchev–Trinajstić information content (AvgIpc) is 2.50. The highest BCUT2D eigenvalue weighted by molar-refractivity contribution is 6.43. The van der Waals surface area contributed by atoms with Crippen LogP contribution in [0.3, 0.4) is 0 Å². The molecule has 1 aliphatic rings. The van der Waals surface area contributed by atoms with Crippen LogP contribution < -0.4 is 15.8 Å². The molecule has 0 aliphatic carbocycles. The van der Waals surface area contributed by atoms with E-state index >= 15 is 0 Å². The van der Waals surface area contributed by atoms with Crippen LogP contribution in [0.15, 0.2) is 29.3 Å². The molecule has 114 valence electrons. The Morgan fingerprint density at radius 2 is 2.09 bits per heavy atom. The molecule has 0 bridgehead atoms. The fraction of sp³-hybridized carbons (Fsp3) is 0.133. The fourth-order valence-electron chi connectivity index (χ4n) is 2.46. The van der Waals surface area contributed by atoms with Gasteiger partial charge in [-0.3, -0.25) is 0 Å². The number of methoxy groups -OCH3 is 1. The van der Waals surface area contributed by atoms with Crippen LogP contribution in [-0.2, 0) is 0 Å². The highest BCUT2D eigenvalue weighted by atomic mass is 35.5. The molecule has 2 aromatic rings. The Hall–Kier alpha value is -1.98. The topological polar surface area (TPSA) is 59.6 Å². The molecule has 1 aliphatic heterocycles. The Labute approximate surface area is 136 Å². The Bertz CT molecular complexity index is 793. The van der Waals surface area contributed by atoms with E-state index in [0.29, 0.717) is 33.1 Å². The summed E-state index contributed by atoms with van der Waals surface area (Å²) in [5.74, 6) is 0.106. The lowest BCUT2D eigenvalue weighted by Crippen LogP contribution is -2.24. The van der Waals surface area contributed by atoms with Gasteiger partial charge in [-0.15, -0.1) is 0 Å². The van der Waals surface area contributed by atoms with Gasteiger partial charge in [0.05, 0.1) is 28.4 Å². The maximum Gasteiger partial charge on any atom is 0.136 e. The number of aliphatic imine (C=N–C) groups is 1. The van der Waals surface area contributed by atoms with Gasteiger partial charge in [0, 0.05) is 17.2 Å². The first-order valence-corrected chi connectivity index (χ1v) is 7.19. The number of benzene rings is 2. The van der Waals surface area contributed by atoms with E-state index in [1.54, 1.807) is 18.2 Å². The van der Waals surface area contributed by atoms with E-state index in [1.807, 2.05) is 0 Å². The molecule has 1 heterocycles. The summed E-state index contributed by atoms with van der Waals surface area (Å²) in [5, 5.41) is 3.66. The van der Waals surface area contributed by atoms with Crippen molar-refractivity contribution in [3.05, 3.63) is 45.7 Å². The number of nitrogens with one attached hydrogen (secondary N) is 1. The smallest absolute Gasteiger partial charge is 0.136 e. The standard InChI is InChI=1S/C15H12Cl2FN3O/c1-22-10-5-9(18)11(7-3-2-4-8(16)13(7)17)14-12(10)15(19)21-6-20-14/h2-5,20H,6H2,1H3,(H2,19,21). The third kappa shape index (κ3) is 2.26. The van der Waals surface area contributed by atoms with Gasteiger partial charge in [-0.05, 0) is 6.07 Å². The first kappa shape index (κ1) is 14.9. The minimum absolute atomic E-state index is 0.247. The first-order valence-electron chi connectivity index (χ1n) is 6.43. The number of rotatable bonds is 2. The summed E-state index contributed by atoms with van der Waals surface area (Å²) in [6.07, 6.45) is 0. The molecule has 0 saturated heterocycles. The number of nitrogens with zero attached hydrogens (tertiary/aromatic N) is 1. The van der Waals surface area contributed by atoms with E-state index in [-0.39, 0.29) is 17.5 Å². The molecule has 4 nitrogen and oxygen atoms in total. The minimum atomic E-state index is -0.484. The number of hydrogen-bond donors (Lipinski definition) is 2. The molecule has 0 spiro atoms. The molecular formula is C15H12Cl2FN3O. The van der Waals surface area contributed by atoms with E-state index in [4.69, 9.17) is 33.7 Å². The van der Waals surface area contributed by atoms with Gasteiger partial charge in [-0.1, -0.05) is 35.3 Å². The van der Waals surface area contributed by atoms with Gasteiger partial charge >= 0.3 is 0 Å². The van der Waals surface area contributed by atoms with Crippen LogP contribution in [0.5, 0.6) is 5.75 Å². The van der Waals surface area contributed by atoms with E-state index in [9.17, 15) is 4.39 Å². The van der Waals surface area contributed by atoms with E-state index in [1.165, 1.54) is 13.2 Å². The summed E-state index contributed by atoms with van der Waals surface area (Å²) in [5.41, 5.74) is 7.72. The van der Waals surface area contributed by atoms with Crippen LogP contribution in [0.25, 0.3) is 11.1 Å². The maximum atomic E-state index is 14.6. The van der Waals surface area contributed by atoms with Crippen molar-refractivity contribution in [1.29, 1.82) is 0 Å². The van der Waals surface area contributed by atoms with E-state index in [0.717, 1.165) is 0 Å². The van der Waals surface area contributed by atoms with Crippen molar-refractivity contribution in [2.24, 2.45) is 10.7 Å². The third-order valence-corrected chi connectivity index (χ3v) is 4.26. The molecular weight excluding hydrogens is 328 g/mol. The molecule has 7 heteroatoms. The molecule has 22 heavy (non-hydrogen) atoms. The molecule has 0 amide bonds. The quantitative estimate of drug-likeness (QED) is 0.872. The second-order valence-corrected chi connectivity index (χ2v) is 5.45. The zero-order valence-corrected chi connectivity index (χ0v) is 13.1. The van der Waals surface area contributed by atoms with Crippen molar-refractivity contribution in [2.45, 2.75) is 0 Å². The Morgan fingerprint density at radius 1 is 1.32 bits per heavy atom. The molecule has 0 saturated carbocycles. The van der Waals surface area contributed by atoms with Gasteiger partial charge in [0.1, 0.15) is 24.1 Å². The maximum absolute atomic E-state index is 14.6. The number of hydrogen-bond acceptors (Lipinski definition) is 4. The van der Waals surface area contributed by atoms with Crippen LogP contribution in [0.1, 0.15) is 5.56 Å². The highest BCUT2D eigenvalue weighted by Gasteiger charge is 2.25. The van der Waals surface area contributed by atoms with Gasteiger partial charge in [-0.2, -0.15) is 0 Å². The Balaban J connectivity index is 2.36. The lowest BCUT2D eigenvalue weighted by molar-refractivity contribution is 0.410. The summed E-state index contributed by atoms with van der Waals surface area (Å²) in [7, 11) is 1.45. The van der Waals surface area contributed by atoms with Gasteiger partial charge in [0.2, 0.25) is 0 Å². The Morgan fingerprint density at radius 3 is 2.82 bits per heavy atom. The molecule has 0 fully saturated rings. The van der Waals surface area contributed by atoms with Crippen molar-refractivity contribution in [1.82, 2.24) is 0 Å². The summed E-state index contributed by atoms with van der Waals surface area (Å²) in [4.78, 5) is 4.11. The lowest BCUT2D eigenvalue weighted by Gasteiger charge is -2.23. The van der Waals surface area contributed by atoms with Crippen molar-refractivity contribution >= 4 is 34.7 Å². The SMILES string of the molecule is COc1cc(F)c(-c2cccc(Cl)c2Cl)c2c1C(N)=NCN2. The lowest BCUT2D eigenvalue weighted by atomic mass is 9.97. The summed E-state index contributed by atoms with van der Waals surface area (Å²) in [6.45, 7) is 0.247. The summed E-state index contributed by atoms with van der Waals surface area (Å²) < 4.78 is 19.9. The second kappa shape index (κ2) is 5.66. The molecule has 2 aromatic carbocycles. The summed E-state index contributed by atoms with van der Waals surface area (Å²) in [6, 6.07) is 6.31. The zero-order valence-electron chi connectivity index (χ0n) is 11.6.